The Morgan fingerprint density at radius 3 is 2.95 bits per heavy atom. The lowest BCUT2D eigenvalue weighted by molar-refractivity contribution is 0.222. The van der Waals surface area contributed by atoms with Crippen molar-refractivity contribution in [3.63, 3.8) is 0 Å². The number of hydrogen-bond donors (Lipinski definition) is 2. The Morgan fingerprint density at radius 2 is 2.09 bits per heavy atom. The van der Waals surface area contributed by atoms with Crippen molar-refractivity contribution < 1.29 is 9.53 Å². The maximum Gasteiger partial charge on any atom is 0.315 e. The second kappa shape index (κ2) is 7.49. The van der Waals surface area contributed by atoms with Gasteiger partial charge in [0.05, 0.1) is 12.6 Å². The first-order chi connectivity index (χ1) is 10.8. The number of nitrogens with zero attached hydrogens (tertiary/aromatic N) is 1. The molecule has 0 bridgehead atoms. The zero-order chi connectivity index (χ0) is 15.2. The van der Waals surface area contributed by atoms with Crippen molar-refractivity contribution in [2.75, 3.05) is 32.8 Å². The van der Waals surface area contributed by atoms with E-state index in [0.29, 0.717) is 6.61 Å². The topological polar surface area (TPSA) is 53.6 Å². The van der Waals surface area contributed by atoms with Gasteiger partial charge in [-0.25, -0.2) is 4.79 Å². The zero-order valence-electron chi connectivity index (χ0n) is 13.0. The molecule has 22 heavy (non-hydrogen) atoms. The highest BCUT2D eigenvalue weighted by atomic mass is 16.5. The van der Waals surface area contributed by atoms with E-state index in [4.69, 9.17) is 4.74 Å². The minimum absolute atomic E-state index is 0.0449. The van der Waals surface area contributed by atoms with Crippen molar-refractivity contribution in [2.24, 2.45) is 0 Å². The maximum atomic E-state index is 12.0. The molecule has 2 aliphatic rings. The molecule has 2 N–H and O–H groups in total. The highest BCUT2D eigenvalue weighted by Crippen LogP contribution is 2.31. The SMILES string of the molecule is O=C(NCCCN1CCCC1)N[C@H]1CCOc2ccccc21. The Kier molecular flexibility index (Phi) is 5.16. The summed E-state index contributed by atoms with van der Waals surface area (Å²) < 4.78 is 5.61. The molecule has 0 unspecified atom stereocenters. The van der Waals surface area contributed by atoms with Crippen molar-refractivity contribution in [1.82, 2.24) is 15.5 Å². The number of rotatable bonds is 5. The molecule has 1 saturated heterocycles. The number of ether oxygens (including phenoxy) is 1. The van der Waals surface area contributed by atoms with Crippen molar-refractivity contribution in [3.8, 4) is 5.75 Å². The van der Waals surface area contributed by atoms with Gasteiger partial charge < -0.3 is 20.3 Å². The lowest BCUT2D eigenvalue weighted by Gasteiger charge is -2.26. The Morgan fingerprint density at radius 1 is 1.27 bits per heavy atom. The van der Waals surface area contributed by atoms with Gasteiger partial charge in [-0.05, 0) is 45.0 Å². The predicted octanol–water partition coefficient (Wildman–Crippen LogP) is 2.30. The Bertz CT molecular complexity index is 500. The van der Waals surface area contributed by atoms with Crippen LogP contribution in [-0.2, 0) is 0 Å². The molecular formula is C17H25N3O2. The molecule has 1 fully saturated rings. The lowest BCUT2D eigenvalue weighted by Crippen LogP contribution is -2.40. The van der Waals surface area contributed by atoms with E-state index in [-0.39, 0.29) is 12.1 Å². The van der Waals surface area contributed by atoms with Crippen LogP contribution in [0.5, 0.6) is 5.75 Å². The Balaban J connectivity index is 1.40. The van der Waals surface area contributed by atoms with Crippen molar-refractivity contribution in [3.05, 3.63) is 29.8 Å². The van der Waals surface area contributed by atoms with Gasteiger partial charge in [-0.2, -0.15) is 0 Å². The molecule has 2 amide bonds. The number of para-hydroxylation sites is 1. The highest BCUT2D eigenvalue weighted by molar-refractivity contribution is 5.74. The smallest absolute Gasteiger partial charge is 0.315 e. The summed E-state index contributed by atoms with van der Waals surface area (Å²) in [6.07, 6.45) is 4.46. The Labute approximate surface area is 132 Å². The van der Waals surface area contributed by atoms with E-state index < -0.39 is 0 Å². The molecule has 120 valence electrons. The van der Waals surface area contributed by atoms with Crippen LogP contribution in [-0.4, -0.2) is 43.7 Å². The molecule has 1 aromatic carbocycles. The van der Waals surface area contributed by atoms with Crippen LogP contribution in [0.15, 0.2) is 24.3 Å². The molecule has 0 spiro atoms. The van der Waals surface area contributed by atoms with Gasteiger partial charge in [0.1, 0.15) is 5.75 Å². The number of carbonyl (C=O) groups excluding carboxylic acids is 1. The summed E-state index contributed by atoms with van der Waals surface area (Å²) in [6, 6.07) is 7.88. The number of urea groups is 1. The summed E-state index contributed by atoms with van der Waals surface area (Å²) >= 11 is 0. The van der Waals surface area contributed by atoms with Gasteiger partial charge in [-0.3, -0.25) is 0 Å². The molecule has 0 aliphatic carbocycles. The van der Waals surface area contributed by atoms with Gasteiger partial charge in [0.15, 0.2) is 0 Å². The van der Waals surface area contributed by atoms with Crippen LogP contribution in [0.25, 0.3) is 0 Å². The van der Waals surface area contributed by atoms with Crippen molar-refractivity contribution >= 4 is 6.03 Å². The Hall–Kier alpha value is -1.75. The normalized spacial score (nSPS) is 21.0. The van der Waals surface area contributed by atoms with Gasteiger partial charge in [0, 0.05) is 18.5 Å². The van der Waals surface area contributed by atoms with Crippen LogP contribution in [0.4, 0.5) is 4.79 Å². The van der Waals surface area contributed by atoms with Gasteiger partial charge in [-0.1, -0.05) is 18.2 Å². The molecule has 0 aromatic heterocycles. The summed E-state index contributed by atoms with van der Waals surface area (Å²) in [4.78, 5) is 14.5. The second-order valence-electron chi connectivity index (χ2n) is 6.03. The van der Waals surface area contributed by atoms with Gasteiger partial charge in [-0.15, -0.1) is 0 Å². The largest absolute Gasteiger partial charge is 0.493 e. The summed E-state index contributed by atoms with van der Waals surface area (Å²) in [5.74, 6) is 0.882. The van der Waals surface area contributed by atoms with Gasteiger partial charge in [0.25, 0.3) is 0 Å². The van der Waals surface area contributed by atoms with E-state index in [1.165, 1.54) is 25.9 Å². The number of carbonyl (C=O) groups is 1. The molecule has 5 nitrogen and oxygen atoms in total. The first-order valence-corrected chi connectivity index (χ1v) is 8.31. The number of benzene rings is 1. The van der Waals surface area contributed by atoms with Gasteiger partial charge >= 0.3 is 6.03 Å². The third-order valence-electron chi connectivity index (χ3n) is 4.40. The fourth-order valence-electron chi connectivity index (χ4n) is 3.21. The molecule has 1 atom stereocenters. The van der Waals surface area contributed by atoms with E-state index in [2.05, 4.69) is 15.5 Å². The summed E-state index contributed by atoms with van der Waals surface area (Å²) in [5.41, 5.74) is 1.07. The molecule has 2 heterocycles. The third kappa shape index (κ3) is 3.91. The minimum atomic E-state index is -0.0804. The number of fused-ring (bicyclic) bond motifs is 1. The van der Waals surface area contributed by atoms with E-state index in [0.717, 1.165) is 37.2 Å². The third-order valence-corrected chi connectivity index (χ3v) is 4.40. The van der Waals surface area contributed by atoms with E-state index in [9.17, 15) is 4.79 Å². The first-order valence-electron chi connectivity index (χ1n) is 8.31. The molecule has 5 heteroatoms. The lowest BCUT2D eigenvalue weighted by atomic mass is 10.0. The van der Waals surface area contributed by atoms with Crippen LogP contribution < -0.4 is 15.4 Å². The molecule has 0 radical (unpaired) electrons. The number of nitrogens with one attached hydrogen (secondary N) is 2. The standard InChI is InChI=1S/C17H25N3O2/c21-17(18-9-5-12-20-10-3-4-11-20)19-15-8-13-22-16-7-2-1-6-14(15)16/h1-2,6-7,15H,3-5,8-13H2,(H2,18,19,21)/t15-/m0/s1. The summed E-state index contributed by atoms with van der Waals surface area (Å²) in [6.45, 7) is 4.89. The van der Waals surface area contributed by atoms with Crippen LogP contribution >= 0.6 is 0 Å². The quantitative estimate of drug-likeness (QED) is 0.821. The molecule has 1 aromatic rings. The average Bonchev–Trinajstić information content (AvgIpc) is 3.05. The molecular weight excluding hydrogens is 278 g/mol. The van der Waals surface area contributed by atoms with E-state index in [1.807, 2.05) is 24.3 Å². The van der Waals surface area contributed by atoms with Crippen LogP contribution in [0.3, 0.4) is 0 Å². The number of likely N-dealkylation sites (tertiary alicyclic amines) is 1. The first kappa shape index (κ1) is 15.2. The van der Waals surface area contributed by atoms with Crippen LogP contribution in [0.1, 0.15) is 37.3 Å². The van der Waals surface area contributed by atoms with Crippen molar-refractivity contribution in [1.29, 1.82) is 0 Å². The van der Waals surface area contributed by atoms with Crippen molar-refractivity contribution in [2.45, 2.75) is 31.7 Å². The monoisotopic (exact) mass is 303 g/mol. The highest BCUT2D eigenvalue weighted by Gasteiger charge is 2.22. The summed E-state index contributed by atoms with van der Waals surface area (Å²) in [7, 11) is 0. The number of hydrogen-bond acceptors (Lipinski definition) is 3. The zero-order valence-corrected chi connectivity index (χ0v) is 13.0. The molecule has 2 aliphatic heterocycles. The second-order valence-corrected chi connectivity index (χ2v) is 6.03. The maximum absolute atomic E-state index is 12.0. The molecule has 0 saturated carbocycles. The average molecular weight is 303 g/mol. The molecule has 3 rings (SSSR count). The predicted molar refractivity (Wildman–Crippen MR) is 86.1 cm³/mol. The fourth-order valence-corrected chi connectivity index (χ4v) is 3.21. The minimum Gasteiger partial charge on any atom is -0.493 e. The fraction of sp³-hybridized carbons (Fsp3) is 0.588. The van der Waals surface area contributed by atoms with Gasteiger partial charge in [0.2, 0.25) is 0 Å². The summed E-state index contributed by atoms with van der Waals surface area (Å²) in [5, 5.41) is 6.03. The number of amides is 2. The van der Waals surface area contributed by atoms with E-state index in [1.54, 1.807) is 0 Å². The van der Waals surface area contributed by atoms with Crippen LogP contribution in [0, 0.1) is 0 Å². The van der Waals surface area contributed by atoms with Crippen LogP contribution in [0.2, 0.25) is 0 Å². The van der Waals surface area contributed by atoms with E-state index >= 15 is 0 Å².